The molecule has 0 spiro atoms. The summed E-state index contributed by atoms with van der Waals surface area (Å²) >= 11 is 0. The molecular weight excluding hydrogens is 214 g/mol. The third-order valence-corrected chi connectivity index (χ3v) is 3.29. The summed E-state index contributed by atoms with van der Waals surface area (Å²) in [4.78, 5) is 0. The van der Waals surface area contributed by atoms with Crippen molar-refractivity contribution in [1.82, 2.24) is 5.32 Å². The Hall–Kier alpha value is -0.900. The minimum Gasteiger partial charge on any atom is -0.394 e. The molecule has 17 heavy (non-hydrogen) atoms. The van der Waals surface area contributed by atoms with E-state index >= 15 is 0 Å². The fourth-order valence-electron chi connectivity index (χ4n) is 1.78. The fraction of sp³-hybridized carbons (Fsp3) is 0.571. The average molecular weight is 237 g/mol. The maximum absolute atomic E-state index is 9.26. The normalized spacial score (nSPS) is 13.8. The van der Waals surface area contributed by atoms with Gasteiger partial charge in [0.25, 0.3) is 0 Å². The van der Waals surface area contributed by atoms with Crippen molar-refractivity contribution in [2.24, 2.45) is 0 Å². The second-order valence-corrected chi connectivity index (χ2v) is 5.09. The van der Waals surface area contributed by atoms with Crippen LogP contribution in [0.2, 0.25) is 0 Å². The standard InChI is InChI=1S/C14H23NO2/c1-10-5-6-13(7-11(10)2)12(3)15-14(4,8-16)9-17/h5-7,12,15-17H,8-9H2,1-4H3. The third kappa shape index (κ3) is 3.53. The van der Waals surface area contributed by atoms with Crippen LogP contribution >= 0.6 is 0 Å². The minimum atomic E-state index is -0.641. The molecule has 3 heteroatoms. The van der Waals surface area contributed by atoms with Gasteiger partial charge in [0, 0.05) is 6.04 Å². The number of rotatable bonds is 5. The Morgan fingerprint density at radius 3 is 2.24 bits per heavy atom. The predicted octanol–water partition coefficient (Wildman–Crippen LogP) is 1.70. The number of aliphatic hydroxyl groups excluding tert-OH is 2. The van der Waals surface area contributed by atoms with Gasteiger partial charge in [0.15, 0.2) is 0 Å². The van der Waals surface area contributed by atoms with Crippen LogP contribution in [0.5, 0.6) is 0 Å². The van der Waals surface area contributed by atoms with E-state index in [1.807, 2.05) is 13.8 Å². The summed E-state index contributed by atoms with van der Waals surface area (Å²) in [5, 5.41) is 21.8. The van der Waals surface area contributed by atoms with Gasteiger partial charge in [-0.05, 0) is 44.4 Å². The summed E-state index contributed by atoms with van der Waals surface area (Å²) in [7, 11) is 0. The molecule has 0 aliphatic carbocycles. The van der Waals surface area contributed by atoms with Crippen LogP contribution in [-0.4, -0.2) is 29.0 Å². The highest BCUT2D eigenvalue weighted by Crippen LogP contribution is 2.19. The Balaban J connectivity index is 2.82. The molecule has 1 atom stereocenters. The van der Waals surface area contributed by atoms with Crippen molar-refractivity contribution >= 4 is 0 Å². The van der Waals surface area contributed by atoms with Crippen molar-refractivity contribution in [3.8, 4) is 0 Å². The Kier molecular flexibility index (Phi) is 4.69. The zero-order chi connectivity index (χ0) is 13.1. The summed E-state index contributed by atoms with van der Waals surface area (Å²) in [6, 6.07) is 6.41. The van der Waals surface area contributed by atoms with Gasteiger partial charge in [0.2, 0.25) is 0 Å². The number of hydrogen-bond donors (Lipinski definition) is 3. The molecule has 0 radical (unpaired) electrons. The SMILES string of the molecule is Cc1ccc(C(C)NC(C)(CO)CO)cc1C. The summed E-state index contributed by atoms with van der Waals surface area (Å²) < 4.78 is 0. The molecule has 1 aromatic carbocycles. The smallest absolute Gasteiger partial charge is 0.0633 e. The lowest BCUT2D eigenvalue weighted by molar-refractivity contribution is 0.0957. The Labute approximate surface area is 103 Å². The molecular formula is C14H23NO2. The van der Waals surface area contributed by atoms with E-state index < -0.39 is 5.54 Å². The zero-order valence-corrected chi connectivity index (χ0v) is 11.1. The summed E-state index contributed by atoms with van der Waals surface area (Å²) in [6.07, 6.45) is 0. The van der Waals surface area contributed by atoms with E-state index in [4.69, 9.17) is 0 Å². The van der Waals surface area contributed by atoms with Crippen molar-refractivity contribution in [3.05, 3.63) is 34.9 Å². The molecule has 0 saturated carbocycles. The third-order valence-electron chi connectivity index (χ3n) is 3.29. The van der Waals surface area contributed by atoms with Crippen LogP contribution in [0.4, 0.5) is 0 Å². The van der Waals surface area contributed by atoms with Crippen LogP contribution in [-0.2, 0) is 0 Å². The summed E-state index contributed by atoms with van der Waals surface area (Å²) in [5.41, 5.74) is 3.05. The highest BCUT2D eigenvalue weighted by atomic mass is 16.3. The van der Waals surface area contributed by atoms with Crippen LogP contribution in [0.1, 0.15) is 36.6 Å². The van der Waals surface area contributed by atoms with Crippen LogP contribution in [0.25, 0.3) is 0 Å². The molecule has 96 valence electrons. The molecule has 3 nitrogen and oxygen atoms in total. The van der Waals surface area contributed by atoms with Gasteiger partial charge in [0.1, 0.15) is 0 Å². The van der Waals surface area contributed by atoms with E-state index in [9.17, 15) is 10.2 Å². The Morgan fingerprint density at radius 2 is 1.76 bits per heavy atom. The largest absolute Gasteiger partial charge is 0.394 e. The first kappa shape index (κ1) is 14.2. The molecule has 0 saturated heterocycles. The first-order valence-corrected chi connectivity index (χ1v) is 5.98. The van der Waals surface area contributed by atoms with Crippen LogP contribution in [0.15, 0.2) is 18.2 Å². The molecule has 3 N–H and O–H groups in total. The van der Waals surface area contributed by atoms with Crippen molar-refractivity contribution in [2.75, 3.05) is 13.2 Å². The molecule has 1 aromatic rings. The van der Waals surface area contributed by atoms with Crippen LogP contribution in [0, 0.1) is 13.8 Å². The van der Waals surface area contributed by atoms with Gasteiger partial charge in [0.05, 0.1) is 18.8 Å². The molecule has 0 aliphatic rings. The first-order chi connectivity index (χ1) is 7.91. The summed E-state index contributed by atoms with van der Waals surface area (Å²) in [6.45, 7) is 7.85. The Bertz CT molecular complexity index is 372. The van der Waals surface area contributed by atoms with E-state index in [-0.39, 0.29) is 19.3 Å². The van der Waals surface area contributed by atoms with Crippen molar-refractivity contribution in [1.29, 1.82) is 0 Å². The van der Waals surface area contributed by atoms with E-state index in [1.54, 1.807) is 0 Å². The molecule has 0 bridgehead atoms. The second kappa shape index (κ2) is 5.63. The maximum Gasteiger partial charge on any atom is 0.0633 e. The lowest BCUT2D eigenvalue weighted by Crippen LogP contribution is -2.49. The Morgan fingerprint density at radius 1 is 1.18 bits per heavy atom. The van der Waals surface area contributed by atoms with Gasteiger partial charge in [-0.25, -0.2) is 0 Å². The minimum absolute atomic E-state index is 0.0846. The lowest BCUT2D eigenvalue weighted by Gasteiger charge is -2.30. The monoisotopic (exact) mass is 237 g/mol. The number of aryl methyl sites for hydroxylation is 2. The molecule has 1 rings (SSSR count). The van der Waals surface area contributed by atoms with Crippen molar-refractivity contribution < 1.29 is 10.2 Å². The molecule has 0 aliphatic heterocycles. The van der Waals surface area contributed by atoms with Crippen molar-refractivity contribution in [2.45, 2.75) is 39.3 Å². The second-order valence-electron chi connectivity index (χ2n) is 5.09. The number of aliphatic hydroxyl groups is 2. The van der Waals surface area contributed by atoms with E-state index in [0.717, 1.165) is 0 Å². The van der Waals surface area contributed by atoms with Gasteiger partial charge >= 0.3 is 0 Å². The highest BCUT2D eigenvalue weighted by molar-refractivity contribution is 5.31. The van der Waals surface area contributed by atoms with Gasteiger partial charge in [-0.15, -0.1) is 0 Å². The summed E-state index contributed by atoms with van der Waals surface area (Å²) in [5.74, 6) is 0. The van der Waals surface area contributed by atoms with Gasteiger partial charge in [-0.1, -0.05) is 18.2 Å². The molecule has 0 fully saturated rings. The quantitative estimate of drug-likeness (QED) is 0.730. The molecule has 0 heterocycles. The van der Waals surface area contributed by atoms with Crippen LogP contribution in [0.3, 0.4) is 0 Å². The van der Waals surface area contributed by atoms with E-state index in [1.165, 1.54) is 16.7 Å². The fourth-order valence-corrected chi connectivity index (χ4v) is 1.78. The molecule has 0 aromatic heterocycles. The number of nitrogens with one attached hydrogen (secondary N) is 1. The van der Waals surface area contributed by atoms with Crippen LogP contribution < -0.4 is 5.32 Å². The maximum atomic E-state index is 9.26. The van der Waals surface area contributed by atoms with Gasteiger partial charge < -0.3 is 15.5 Å². The van der Waals surface area contributed by atoms with E-state index in [2.05, 4.69) is 37.4 Å². The van der Waals surface area contributed by atoms with Gasteiger partial charge in [-0.3, -0.25) is 0 Å². The number of benzene rings is 1. The van der Waals surface area contributed by atoms with E-state index in [0.29, 0.717) is 0 Å². The highest BCUT2D eigenvalue weighted by Gasteiger charge is 2.24. The lowest BCUT2D eigenvalue weighted by atomic mass is 9.98. The first-order valence-electron chi connectivity index (χ1n) is 5.98. The van der Waals surface area contributed by atoms with Crippen molar-refractivity contribution in [3.63, 3.8) is 0 Å². The molecule has 1 unspecified atom stereocenters. The topological polar surface area (TPSA) is 52.5 Å². The average Bonchev–Trinajstić information content (AvgIpc) is 2.32. The zero-order valence-electron chi connectivity index (χ0n) is 11.1. The molecule has 0 amide bonds. The number of hydrogen-bond acceptors (Lipinski definition) is 3. The van der Waals surface area contributed by atoms with Gasteiger partial charge in [-0.2, -0.15) is 0 Å². The predicted molar refractivity (Wildman–Crippen MR) is 70.0 cm³/mol.